The van der Waals surface area contributed by atoms with E-state index in [0.29, 0.717) is 45.9 Å². The minimum absolute atomic E-state index is 0.151. The molecular weight excluding hydrogens is 1200 g/mol. The second-order valence-electron chi connectivity index (χ2n) is 29.1. The Labute approximate surface area is 566 Å². The molecule has 6 aromatic heterocycles. The molecule has 0 saturated heterocycles. The second-order valence-corrected chi connectivity index (χ2v) is 29.1. The molecule has 0 unspecified atom stereocenters. The summed E-state index contributed by atoms with van der Waals surface area (Å²) in [4.78, 5) is 61.0. The fourth-order valence-electron chi connectivity index (χ4n) is 14.5. The predicted octanol–water partition coefficient (Wildman–Crippen LogP) is 21.6. The van der Waals surface area contributed by atoms with Crippen molar-refractivity contribution in [1.82, 2.24) is 59.8 Å². The Bertz CT molecular complexity index is 6090. The van der Waals surface area contributed by atoms with Crippen molar-refractivity contribution in [1.29, 1.82) is 0 Å². The highest BCUT2D eigenvalue weighted by molar-refractivity contribution is 6.13. The monoisotopic (exact) mass is 1270 g/mol. The summed E-state index contributed by atoms with van der Waals surface area (Å²) in [5.41, 5.74) is 25.1. The fraction of sp³-hybridized carbons (Fsp3) is 0.140. The van der Waals surface area contributed by atoms with Gasteiger partial charge in [0.05, 0.1) is 22.8 Å². The van der Waals surface area contributed by atoms with E-state index < -0.39 is 0 Å². The lowest BCUT2D eigenvalue weighted by molar-refractivity contribution is 0.590. The first kappa shape index (κ1) is 58.5. The van der Waals surface area contributed by atoms with Crippen LogP contribution in [-0.4, -0.2) is 59.8 Å². The van der Waals surface area contributed by atoms with Crippen molar-refractivity contribution in [3.05, 3.63) is 240 Å². The van der Waals surface area contributed by atoms with Gasteiger partial charge in [0.1, 0.15) is 22.6 Å². The van der Waals surface area contributed by atoms with E-state index in [0.717, 1.165) is 155 Å². The van der Waals surface area contributed by atoms with Crippen LogP contribution >= 0.6 is 0 Å². The number of nitrogens with one attached hydrogen (secondary N) is 4. The average Bonchev–Trinajstić information content (AvgIpc) is 1.56. The van der Waals surface area contributed by atoms with Crippen LogP contribution in [0.25, 0.3) is 191 Å². The van der Waals surface area contributed by atoms with E-state index in [1.54, 1.807) is 0 Å². The van der Waals surface area contributed by atoms with Crippen molar-refractivity contribution in [3.63, 3.8) is 0 Å². The van der Waals surface area contributed by atoms with Crippen LogP contribution < -0.4 is 0 Å². The van der Waals surface area contributed by atoms with E-state index in [2.05, 4.69) is 307 Å². The second kappa shape index (κ2) is 21.8. The first-order chi connectivity index (χ1) is 47.4. The van der Waals surface area contributed by atoms with Gasteiger partial charge in [-0.05, 0) is 116 Å². The molecule has 0 atom stereocenters. The summed E-state index contributed by atoms with van der Waals surface area (Å²) < 4.78 is 0. The van der Waals surface area contributed by atoms with Gasteiger partial charge in [0.25, 0.3) is 0 Å². The molecule has 472 valence electrons. The standard InChI is InChI=1S/C86H68N12/c1-84(2,3)51-30-33-54-59(44-51)80-92-76(54)91-79-58-37-36-57-72(73(58)83(97-79)98-82-61-46-53(86(7,8)9)32-35-56(61)78(96-82)95-81-60-45-52(85(4,5)6)31-34-55(60)77(93-80)94-81)75-71(50-28-20-13-21-29-50)67-43-41-65(89-67)69(48-24-16-11-17-25-48)63-39-38-62(87-63)68(47-22-14-10-15-23-47)64-40-42-66(88-64)70(74(57)90-75)49-26-18-12-19-27-49/h10-46,88-89H,1-9H3,(H2,91,92,93,94,95,96,97,98). The lowest BCUT2D eigenvalue weighted by Crippen LogP contribution is -2.10. The Morgan fingerprint density at radius 3 is 1.09 bits per heavy atom. The van der Waals surface area contributed by atoms with E-state index in [-0.39, 0.29) is 16.2 Å². The molecule has 14 aromatic rings. The zero-order chi connectivity index (χ0) is 66.5. The number of fused-ring (bicyclic) bond motifs is 32. The molecule has 0 saturated carbocycles. The van der Waals surface area contributed by atoms with E-state index in [1.807, 2.05) is 0 Å². The van der Waals surface area contributed by atoms with Gasteiger partial charge in [0.2, 0.25) is 0 Å². The molecule has 10 heterocycles. The maximum Gasteiger partial charge on any atom is 0.165 e. The zero-order valence-corrected chi connectivity index (χ0v) is 55.9. The first-order valence-electron chi connectivity index (χ1n) is 33.6. The van der Waals surface area contributed by atoms with Crippen molar-refractivity contribution in [2.24, 2.45) is 0 Å². The number of hydrogen-bond acceptors (Lipinski definition) is 8. The average molecular weight is 1270 g/mol. The lowest BCUT2D eigenvalue weighted by atomic mass is 9.85. The summed E-state index contributed by atoms with van der Waals surface area (Å²) in [6, 6.07) is 75.2. The number of aromatic nitrogens is 12. The minimum atomic E-state index is -0.200. The third-order valence-corrected chi connectivity index (χ3v) is 19.6. The summed E-state index contributed by atoms with van der Waals surface area (Å²) in [7, 11) is 0. The zero-order valence-electron chi connectivity index (χ0n) is 55.9. The van der Waals surface area contributed by atoms with Crippen LogP contribution in [0.3, 0.4) is 0 Å². The molecule has 8 aromatic carbocycles. The molecule has 0 radical (unpaired) electrons. The van der Waals surface area contributed by atoms with Gasteiger partial charge < -0.3 is 19.9 Å². The molecule has 12 heteroatoms. The maximum absolute atomic E-state index is 6.13. The van der Waals surface area contributed by atoms with Gasteiger partial charge in [-0.1, -0.05) is 226 Å². The van der Waals surface area contributed by atoms with Crippen LogP contribution in [-0.2, 0) is 16.2 Å². The van der Waals surface area contributed by atoms with Crippen molar-refractivity contribution in [3.8, 4) is 113 Å². The molecule has 16 bridgehead atoms. The Hall–Kier alpha value is -12.0. The largest absolute Gasteiger partial charge is 0.354 e. The highest BCUT2D eigenvalue weighted by Gasteiger charge is 2.35. The van der Waals surface area contributed by atoms with Gasteiger partial charge in [-0.2, -0.15) is 0 Å². The molecule has 4 N–H and O–H groups in total. The fourth-order valence-corrected chi connectivity index (χ4v) is 14.5. The summed E-state index contributed by atoms with van der Waals surface area (Å²) in [5, 5.41) is 3.60. The highest BCUT2D eigenvalue weighted by atomic mass is 15.1. The van der Waals surface area contributed by atoms with Gasteiger partial charge in [-0.3, -0.25) is 0 Å². The Kier molecular flexibility index (Phi) is 13.0. The first-order valence-corrected chi connectivity index (χ1v) is 33.6. The van der Waals surface area contributed by atoms with Crippen molar-refractivity contribution in [2.75, 3.05) is 0 Å². The van der Waals surface area contributed by atoms with Crippen molar-refractivity contribution in [2.45, 2.75) is 78.6 Å². The van der Waals surface area contributed by atoms with Crippen LogP contribution in [0.1, 0.15) is 90.4 Å². The highest BCUT2D eigenvalue weighted by Crippen LogP contribution is 2.54. The van der Waals surface area contributed by atoms with Crippen molar-refractivity contribution >= 4 is 78.4 Å². The van der Waals surface area contributed by atoms with Gasteiger partial charge in [0.15, 0.2) is 23.3 Å². The van der Waals surface area contributed by atoms with Gasteiger partial charge >= 0.3 is 0 Å². The molecule has 98 heavy (non-hydrogen) atoms. The van der Waals surface area contributed by atoms with E-state index in [9.17, 15) is 0 Å². The number of aromatic amines is 4. The van der Waals surface area contributed by atoms with Gasteiger partial charge in [-0.15, -0.1) is 0 Å². The molecule has 0 aliphatic carbocycles. The number of rotatable bonds is 4. The minimum Gasteiger partial charge on any atom is -0.354 e. The van der Waals surface area contributed by atoms with Gasteiger partial charge in [0, 0.05) is 99.2 Å². The molecule has 4 aliphatic rings. The van der Waals surface area contributed by atoms with Crippen LogP contribution in [0.5, 0.6) is 0 Å². The van der Waals surface area contributed by atoms with E-state index >= 15 is 0 Å². The van der Waals surface area contributed by atoms with Crippen molar-refractivity contribution < 1.29 is 0 Å². The summed E-state index contributed by atoms with van der Waals surface area (Å²) in [6.45, 7) is 20.1. The maximum atomic E-state index is 6.13. The number of hydrogen-bond donors (Lipinski definition) is 4. The molecular formula is C86H68N12. The van der Waals surface area contributed by atoms with Crippen LogP contribution in [0.2, 0.25) is 0 Å². The lowest BCUT2D eigenvalue weighted by Gasteiger charge is -2.19. The SMILES string of the molecule is CC(C)(C)c1ccc2c(c1)-c1nc-2nc2[nH]c(nc3nc(nc4[nH]c(n1)c1ccc(C(C)(C)C)cc41)-c1c-3ccc3c1-c1nc-3c(-c3ccccc3)c3ccc([nH]3)c(-c3ccccc3)c3nc(c(-c4ccccc4)c4ccc([nH]4)c1-c1ccccc1)C=C3)c1ccc(C(C)(C)C)cc21. The summed E-state index contributed by atoms with van der Waals surface area (Å²) >= 11 is 0. The Morgan fingerprint density at radius 1 is 0.245 bits per heavy atom. The Balaban J connectivity index is 1.03. The number of benzene rings is 8. The van der Waals surface area contributed by atoms with Crippen LogP contribution in [0.4, 0.5) is 0 Å². The molecule has 0 spiro atoms. The smallest absolute Gasteiger partial charge is 0.165 e. The topological polar surface area (TPSA) is 166 Å². The Morgan fingerprint density at radius 2 is 0.612 bits per heavy atom. The summed E-state index contributed by atoms with van der Waals surface area (Å²) in [6.07, 6.45) is 4.29. The van der Waals surface area contributed by atoms with E-state index in [4.69, 9.17) is 39.9 Å². The summed E-state index contributed by atoms with van der Waals surface area (Å²) in [5.74, 6) is 2.06. The number of H-pyrrole nitrogens is 4. The molecule has 12 nitrogen and oxygen atoms in total. The number of nitrogens with zero attached hydrogens (tertiary/aromatic N) is 8. The molecule has 0 fully saturated rings. The van der Waals surface area contributed by atoms with Crippen LogP contribution in [0.15, 0.2) is 212 Å². The van der Waals surface area contributed by atoms with Crippen LogP contribution in [0, 0.1) is 0 Å². The molecule has 4 aliphatic heterocycles. The normalized spacial score (nSPS) is 12.7. The van der Waals surface area contributed by atoms with E-state index in [1.165, 1.54) is 5.56 Å². The molecule has 18 rings (SSSR count). The quantitative estimate of drug-likeness (QED) is 0.135. The third kappa shape index (κ3) is 9.64. The third-order valence-electron chi connectivity index (χ3n) is 19.6. The predicted molar refractivity (Wildman–Crippen MR) is 402 cm³/mol. The van der Waals surface area contributed by atoms with Gasteiger partial charge in [-0.25, -0.2) is 39.9 Å². The molecule has 0 amide bonds.